The van der Waals surface area contributed by atoms with Gasteiger partial charge in [-0.15, -0.1) is 0 Å². The zero-order valence-electron chi connectivity index (χ0n) is 12.7. The van der Waals surface area contributed by atoms with Crippen LogP contribution in [0, 0.1) is 0 Å². The van der Waals surface area contributed by atoms with E-state index in [0.29, 0.717) is 36.9 Å². The van der Waals surface area contributed by atoms with Gasteiger partial charge in [-0.1, -0.05) is 11.6 Å². The maximum atomic E-state index is 12.0. The molecule has 0 aliphatic carbocycles. The van der Waals surface area contributed by atoms with E-state index >= 15 is 0 Å². The number of rotatable bonds is 1. The average molecular weight is 312 g/mol. The fraction of sp³-hybridized carbons (Fsp3) is 0.533. The summed E-state index contributed by atoms with van der Waals surface area (Å²) in [6.07, 6.45) is -0.263. The summed E-state index contributed by atoms with van der Waals surface area (Å²) in [7, 11) is 0. The first-order valence-electron chi connectivity index (χ1n) is 7.04. The molecule has 2 N–H and O–H groups in total. The standard InChI is InChI=1S/C15H22ClN3O2/c1-15(2,3)21-14(20)19-8-6-18(7-9-19)13-10-11(16)4-5-12(13)17/h4-5,10H,6-9,17H2,1-3H3. The number of anilines is 2. The zero-order valence-corrected chi connectivity index (χ0v) is 13.5. The van der Waals surface area contributed by atoms with E-state index in [1.807, 2.05) is 26.8 Å². The second-order valence-electron chi connectivity index (χ2n) is 6.16. The molecule has 0 spiro atoms. The Balaban J connectivity index is 1.97. The SMILES string of the molecule is CC(C)(C)OC(=O)N1CCN(c2cc(Cl)ccc2N)CC1. The van der Waals surface area contributed by atoms with Crippen LogP contribution in [0.2, 0.25) is 5.02 Å². The molecule has 1 aromatic rings. The summed E-state index contributed by atoms with van der Waals surface area (Å²) in [4.78, 5) is 15.9. The van der Waals surface area contributed by atoms with Crippen molar-refractivity contribution < 1.29 is 9.53 Å². The molecule has 1 saturated heterocycles. The van der Waals surface area contributed by atoms with E-state index in [4.69, 9.17) is 22.1 Å². The molecular weight excluding hydrogens is 290 g/mol. The van der Waals surface area contributed by atoms with Gasteiger partial charge in [-0.2, -0.15) is 0 Å². The molecule has 0 saturated carbocycles. The Morgan fingerprint density at radius 2 is 1.86 bits per heavy atom. The molecule has 5 nitrogen and oxygen atoms in total. The number of carbonyl (C=O) groups excluding carboxylic acids is 1. The number of carbonyl (C=O) groups is 1. The number of nitrogen functional groups attached to an aromatic ring is 1. The normalized spacial score (nSPS) is 16.0. The monoisotopic (exact) mass is 311 g/mol. The van der Waals surface area contributed by atoms with Gasteiger partial charge in [0, 0.05) is 31.2 Å². The molecule has 1 aromatic carbocycles. The van der Waals surface area contributed by atoms with Crippen molar-refractivity contribution in [2.75, 3.05) is 36.8 Å². The molecule has 6 heteroatoms. The highest BCUT2D eigenvalue weighted by atomic mass is 35.5. The van der Waals surface area contributed by atoms with E-state index in [0.717, 1.165) is 5.69 Å². The van der Waals surface area contributed by atoms with Crippen molar-refractivity contribution >= 4 is 29.1 Å². The van der Waals surface area contributed by atoms with E-state index in [2.05, 4.69) is 4.90 Å². The van der Waals surface area contributed by atoms with E-state index in [-0.39, 0.29) is 6.09 Å². The third-order valence-corrected chi connectivity index (χ3v) is 3.50. The number of amides is 1. The first-order chi connectivity index (χ1) is 9.76. The number of nitrogens with zero attached hydrogens (tertiary/aromatic N) is 2. The van der Waals surface area contributed by atoms with Crippen LogP contribution < -0.4 is 10.6 Å². The Morgan fingerprint density at radius 1 is 1.24 bits per heavy atom. The van der Waals surface area contributed by atoms with Crippen LogP contribution in [0.25, 0.3) is 0 Å². The Bertz CT molecular complexity index is 520. The molecule has 1 aliphatic heterocycles. The summed E-state index contributed by atoms with van der Waals surface area (Å²) < 4.78 is 5.38. The van der Waals surface area contributed by atoms with Crippen LogP contribution in [0.1, 0.15) is 20.8 Å². The molecule has 2 rings (SSSR count). The summed E-state index contributed by atoms with van der Waals surface area (Å²) in [6, 6.07) is 5.44. The van der Waals surface area contributed by atoms with Gasteiger partial charge < -0.3 is 20.3 Å². The summed E-state index contributed by atoms with van der Waals surface area (Å²) in [5.74, 6) is 0. The first kappa shape index (κ1) is 15.8. The molecule has 1 amide bonds. The highest BCUT2D eigenvalue weighted by Gasteiger charge is 2.26. The lowest BCUT2D eigenvalue weighted by atomic mass is 10.2. The van der Waals surface area contributed by atoms with E-state index in [9.17, 15) is 4.79 Å². The highest BCUT2D eigenvalue weighted by molar-refractivity contribution is 6.31. The van der Waals surface area contributed by atoms with Crippen LogP contribution in [-0.4, -0.2) is 42.8 Å². The molecule has 0 radical (unpaired) electrons. The van der Waals surface area contributed by atoms with Crippen molar-refractivity contribution in [3.8, 4) is 0 Å². The maximum Gasteiger partial charge on any atom is 0.410 e. The van der Waals surface area contributed by atoms with Crippen molar-refractivity contribution in [2.45, 2.75) is 26.4 Å². The smallest absolute Gasteiger partial charge is 0.410 e. The van der Waals surface area contributed by atoms with Crippen molar-refractivity contribution in [3.05, 3.63) is 23.2 Å². The van der Waals surface area contributed by atoms with Gasteiger partial charge in [-0.3, -0.25) is 0 Å². The van der Waals surface area contributed by atoms with Gasteiger partial charge in [0.05, 0.1) is 11.4 Å². The van der Waals surface area contributed by atoms with Gasteiger partial charge in [0.2, 0.25) is 0 Å². The lowest BCUT2D eigenvalue weighted by Gasteiger charge is -2.37. The van der Waals surface area contributed by atoms with Crippen molar-refractivity contribution in [3.63, 3.8) is 0 Å². The molecular formula is C15H22ClN3O2. The Labute approximate surface area is 130 Å². The van der Waals surface area contributed by atoms with E-state index < -0.39 is 5.60 Å². The number of benzene rings is 1. The van der Waals surface area contributed by atoms with Gasteiger partial charge in [0.15, 0.2) is 0 Å². The minimum atomic E-state index is -0.467. The molecule has 0 aromatic heterocycles. The van der Waals surface area contributed by atoms with Crippen molar-refractivity contribution in [1.82, 2.24) is 4.90 Å². The number of piperazine rings is 1. The fourth-order valence-corrected chi connectivity index (χ4v) is 2.41. The summed E-state index contributed by atoms with van der Waals surface area (Å²) in [5, 5.41) is 0.661. The van der Waals surface area contributed by atoms with Crippen LogP contribution in [0.15, 0.2) is 18.2 Å². The lowest BCUT2D eigenvalue weighted by Crippen LogP contribution is -2.50. The number of ether oxygens (including phenoxy) is 1. The van der Waals surface area contributed by atoms with Gasteiger partial charge in [-0.25, -0.2) is 4.79 Å². The van der Waals surface area contributed by atoms with E-state index in [1.54, 1.807) is 17.0 Å². The molecule has 0 atom stereocenters. The number of nitrogens with two attached hydrogens (primary N) is 1. The molecule has 1 heterocycles. The molecule has 0 unspecified atom stereocenters. The van der Waals surface area contributed by atoms with Gasteiger partial charge in [0.25, 0.3) is 0 Å². The molecule has 1 fully saturated rings. The quantitative estimate of drug-likeness (QED) is 0.810. The van der Waals surface area contributed by atoms with Crippen molar-refractivity contribution in [2.24, 2.45) is 0 Å². The van der Waals surface area contributed by atoms with Crippen LogP contribution in [0.3, 0.4) is 0 Å². The predicted molar refractivity (Wildman–Crippen MR) is 85.9 cm³/mol. The summed E-state index contributed by atoms with van der Waals surface area (Å²) in [5.41, 5.74) is 7.15. The molecule has 116 valence electrons. The highest BCUT2D eigenvalue weighted by Crippen LogP contribution is 2.28. The topological polar surface area (TPSA) is 58.8 Å². The maximum absolute atomic E-state index is 12.0. The minimum absolute atomic E-state index is 0.263. The number of hydrogen-bond donors (Lipinski definition) is 1. The zero-order chi connectivity index (χ0) is 15.6. The third kappa shape index (κ3) is 4.17. The predicted octanol–water partition coefficient (Wildman–Crippen LogP) is 2.98. The van der Waals surface area contributed by atoms with Gasteiger partial charge >= 0.3 is 6.09 Å². The average Bonchev–Trinajstić information content (AvgIpc) is 2.40. The Morgan fingerprint density at radius 3 is 2.43 bits per heavy atom. The van der Waals surface area contributed by atoms with Gasteiger partial charge in [-0.05, 0) is 39.0 Å². The van der Waals surface area contributed by atoms with Crippen LogP contribution in [0.4, 0.5) is 16.2 Å². The van der Waals surface area contributed by atoms with Crippen molar-refractivity contribution in [1.29, 1.82) is 0 Å². The molecule has 0 bridgehead atoms. The number of halogens is 1. The third-order valence-electron chi connectivity index (χ3n) is 3.26. The van der Waals surface area contributed by atoms with E-state index in [1.165, 1.54) is 0 Å². The lowest BCUT2D eigenvalue weighted by molar-refractivity contribution is 0.0240. The second-order valence-corrected chi connectivity index (χ2v) is 6.59. The first-order valence-corrected chi connectivity index (χ1v) is 7.42. The summed E-state index contributed by atoms with van der Waals surface area (Å²) >= 11 is 6.02. The summed E-state index contributed by atoms with van der Waals surface area (Å²) in [6.45, 7) is 8.25. The Kier molecular flexibility index (Phi) is 4.52. The van der Waals surface area contributed by atoms with Crippen LogP contribution >= 0.6 is 11.6 Å². The molecule has 1 aliphatic rings. The largest absolute Gasteiger partial charge is 0.444 e. The Hall–Kier alpha value is -1.62. The minimum Gasteiger partial charge on any atom is -0.444 e. The van der Waals surface area contributed by atoms with Crippen LogP contribution in [0.5, 0.6) is 0 Å². The second kappa shape index (κ2) is 6.02. The molecule has 21 heavy (non-hydrogen) atoms. The van der Waals surface area contributed by atoms with Crippen LogP contribution in [-0.2, 0) is 4.74 Å². The fourth-order valence-electron chi connectivity index (χ4n) is 2.25. The number of hydrogen-bond acceptors (Lipinski definition) is 4. The van der Waals surface area contributed by atoms with Gasteiger partial charge in [0.1, 0.15) is 5.60 Å².